The molecule has 0 spiro atoms. The van der Waals surface area contributed by atoms with Crippen molar-refractivity contribution in [2.45, 2.75) is 26.3 Å². The molecule has 0 aliphatic rings. The summed E-state index contributed by atoms with van der Waals surface area (Å²) in [6.45, 7) is 3.88. The molecule has 0 radical (unpaired) electrons. The maximum absolute atomic E-state index is 11.8. The Balaban J connectivity index is 2.87. The van der Waals surface area contributed by atoms with Crippen LogP contribution in [0.2, 0.25) is 5.02 Å². The van der Waals surface area contributed by atoms with Gasteiger partial charge in [0.1, 0.15) is 5.69 Å². The van der Waals surface area contributed by atoms with E-state index in [1.54, 1.807) is 0 Å². The van der Waals surface area contributed by atoms with Crippen molar-refractivity contribution in [1.82, 2.24) is 0 Å². The van der Waals surface area contributed by atoms with Crippen molar-refractivity contribution in [2.75, 3.05) is 5.32 Å². The zero-order valence-corrected chi connectivity index (χ0v) is 11.5. The summed E-state index contributed by atoms with van der Waals surface area (Å²) < 4.78 is 0. The lowest BCUT2D eigenvalue weighted by Gasteiger charge is -2.14. The van der Waals surface area contributed by atoms with Crippen molar-refractivity contribution in [3.05, 3.63) is 33.3 Å². The third-order valence-electron chi connectivity index (χ3n) is 2.48. The molecule has 0 fully saturated rings. The molecule has 0 aliphatic heterocycles. The number of carbonyl (C=O) groups is 1. The Morgan fingerprint density at radius 3 is 2.68 bits per heavy atom. The normalized spacial score (nSPS) is 12.3. The highest BCUT2D eigenvalue weighted by Crippen LogP contribution is 2.27. The number of hydrogen-bond acceptors (Lipinski definition) is 4. The van der Waals surface area contributed by atoms with E-state index in [-0.39, 0.29) is 22.3 Å². The Bertz CT molecular complexity index is 491. The van der Waals surface area contributed by atoms with Crippen LogP contribution >= 0.6 is 11.6 Å². The lowest BCUT2D eigenvalue weighted by atomic mass is 10.0. The number of halogens is 1. The van der Waals surface area contributed by atoms with Gasteiger partial charge in [-0.25, -0.2) is 0 Å². The molecule has 7 heteroatoms. The van der Waals surface area contributed by atoms with Crippen molar-refractivity contribution in [2.24, 2.45) is 11.7 Å². The minimum absolute atomic E-state index is 0.0959. The highest BCUT2D eigenvalue weighted by atomic mass is 35.5. The number of nitrogens with two attached hydrogens (primary N) is 1. The number of carbonyl (C=O) groups excluding carboxylic acids is 1. The number of anilines is 1. The first-order valence-electron chi connectivity index (χ1n) is 5.81. The van der Waals surface area contributed by atoms with Gasteiger partial charge in [-0.3, -0.25) is 14.9 Å². The molecular formula is C12H16ClN3O3. The van der Waals surface area contributed by atoms with Crippen LogP contribution in [-0.2, 0) is 4.79 Å². The summed E-state index contributed by atoms with van der Waals surface area (Å²) in [6, 6.07) is 3.35. The fraction of sp³-hybridized carbons (Fsp3) is 0.417. The monoisotopic (exact) mass is 285 g/mol. The van der Waals surface area contributed by atoms with Gasteiger partial charge in [0.25, 0.3) is 5.69 Å². The van der Waals surface area contributed by atoms with Gasteiger partial charge in [-0.2, -0.15) is 0 Å². The van der Waals surface area contributed by atoms with E-state index in [1.165, 1.54) is 18.2 Å². The minimum Gasteiger partial charge on any atom is -0.320 e. The summed E-state index contributed by atoms with van der Waals surface area (Å²) in [4.78, 5) is 22.1. The topological polar surface area (TPSA) is 98.3 Å². The molecule has 0 heterocycles. The second kappa shape index (κ2) is 6.49. The minimum atomic E-state index is -0.699. The predicted molar refractivity (Wildman–Crippen MR) is 74.2 cm³/mol. The molecular weight excluding hydrogens is 270 g/mol. The maximum atomic E-state index is 11.8. The fourth-order valence-corrected chi connectivity index (χ4v) is 1.77. The van der Waals surface area contributed by atoms with Gasteiger partial charge < -0.3 is 11.1 Å². The average Bonchev–Trinajstić information content (AvgIpc) is 2.30. The van der Waals surface area contributed by atoms with E-state index in [1.807, 2.05) is 13.8 Å². The van der Waals surface area contributed by atoms with Crippen molar-refractivity contribution >= 4 is 28.9 Å². The van der Waals surface area contributed by atoms with E-state index < -0.39 is 16.9 Å². The van der Waals surface area contributed by atoms with Crippen molar-refractivity contribution in [3.8, 4) is 0 Å². The van der Waals surface area contributed by atoms with Crippen molar-refractivity contribution in [3.63, 3.8) is 0 Å². The SMILES string of the molecule is CC(C)C[C@@H](N)C(=O)Nc1ccc(Cl)cc1[N+](=O)[O-]. The second-order valence-corrected chi connectivity index (χ2v) is 5.08. The molecule has 1 aromatic carbocycles. The lowest BCUT2D eigenvalue weighted by Crippen LogP contribution is -2.36. The number of nitrogens with zero attached hydrogens (tertiary/aromatic N) is 1. The van der Waals surface area contributed by atoms with Gasteiger partial charge in [-0.1, -0.05) is 25.4 Å². The summed E-state index contributed by atoms with van der Waals surface area (Å²) in [5.74, 6) is -0.180. The smallest absolute Gasteiger partial charge is 0.294 e. The summed E-state index contributed by atoms with van der Waals surface area (Å²) in [6.07, 6.45) is 0.507. The van der Waals surface area contributed by atoms with Crippen molar-refractivity contribution < 1.29 is 9.72 Å². The van der Waals surface area contributed by atoms with E-state index in [2.05, 4.69) is 5.32 Å². The standard InChI is InChI=1S/C12H16ClN3O3/c1-7(2)5-9(14)12(17)15-10-4-3-8(13)6-11(10)16(18)19/h3-4,6-7,9H,5,14H2,1-2H3,(H,15,17)/t9-/m1/s1. The van der Waals surface area contributed by atoms with Gasteiger partial charge in [0.15, 0.2) is 0 Å². The van der Waals surface area contributed by atoms with Gasteiger partial charge in [0.2, 0.25) is 5.91 Å². The average molecular weight is 286 g/mol. The molecule has 0 saturated heterocycles. The molecule has 3 N–H and O–H groups in total. The molecule has 1 atom stereocenters. The third-order valence-corrected chi connectivity index (χ3v) is 2.71. The first kappa shape index (κ1) is 15.4. The summed E-state index contributed by atoms with van der Waals surface area (Å²) >= 11 is 5.69. The lowest BCUT2D eigenvalue weighted by molar-refractivity contribution is -0.383. The molecule has 0 aliphatic carbocycles. The Morgan fingerprint density at radius 2 is 2.16 bits per heavy atom. The number of benzene rings is 1. The summed E-state index contributed by atoms with van der Waals surface area (Å²) in [5, 5.41) is 13.6. The molecule has 0 bridgehead atoms. The van der Waals surface area contributed by atoms with Crippen LogP contribution in [0.1, 0.15) is 20.3 Å². The summed E-state index contributed by atoms with van der Waals surface area (Å²) in [7, 11) is 0. The van der Waals surface area contributed by atoms with Gasteiger partial charge in [0.05, 0.1) is 11.0 Å². The molecule has 1 amide bonds. The van der Waals surface area contributed by atoms with Crippen LogP contribution in [0.3, 0.4) is 0 Å². The molecule has 0 aromatic heterocycles. The molecule has 0 saturated carbocycles. The second-order valence-electron chi connectivity index (χ2n) is 4.64. The maximum Gasteiger partial charge on any atom is 0.294 e. The molecule has 1 aromatic rings. The number of rotatable bonds is 5. The zero-order chi connectivity index (χ0) is 14.6. The number of hydrogen-bond donors (Lipinski definition) is 2. The van der Waals surface area contributed by atoms with Gasteiger partial charge in [-0.15, -0.1) is 0 Å². The number of nitro benzene ring substituents is 1. The van der Waals surface area contributed by atoms with Gasteiger partial charge in [0, 0.05) is 11.1 Å². The molecule has 6 nitrogen and oxygen atoms in total. The van der Waals surface area contributed by atoms with Gasteiger partial charge in [-0.05, 0) is 24.5 Å². The first-order chi connectivity index (χ1) is 8.81. The molecule has 0 unspecified atom stereocenters. The van der Waals surface area contributed by atoms with Crippen LogP contribution in [0.4, 0.5) is 11.4 Å². The highest BCUT2D eigenvalue weighted by Gasteiger charge is 2.20. The van der Waals surface area contributed by atoms with E-state index in [0.29, 0.717) is 6.42 Å². The Labute approximate surface area is 116 Å². The van der Waals surface area contributed by atoms with E-state index in [4.69, 9.17) is 17.3 Å². The van der Waals surface area contributed by atoms with Crippen LogP contribution in [-0.4, -0.2) is 16.9 Å². The van der Waals surface area contributed by atoms with Crippen LogP contribution in [0.25, 0.3) is 0 Å². The molecule has 104 valence electrons. The predicted octanol–water partition coefficient (Wildman–Crippen LogP) is 2.56. The zero-order valence-electron chi connectivity index (χ0n) is 10.7. The van der Waals surface area contributed by atoms with Crippen molar-refractivity contribution in [1.29, 1.82) is 0 Å². The number of nitrogens with one attached hydrogen (secondary N) is 1. The first-order valence-corrected chi connectivity index (χ1v) is 6.19. The quantitative estimate of drug-likeness (QED) is 0.641. The Morgan fingerprint density at radius 1 is 1.53 bits per heavy atom. The summed E-state index contributed by atoms with van der Waals surface area (Å²) in [5.41, 5.74) is 5.56. The van der Waals surface area contributed by atoms with Gasteiger partial charge >= 0.3 is 0 Å². The number of nitro groups is 1. The van der Waals surface area contributed by atoms with Crippen LogP contribution in [0, 0.1) is 16.0 Å². The number of amides is 1. The fourth-order valence-electron chi connectivity index (χ4n) is 1.60. The van der Waals surface area contributed by atoms with Crippen LogP contribution < -0.4 is 11.1 Å². The van der Waals surface area contributed by atoms with Crippen LogP contribution in [0.5, 0.6) is 0 Å². The van der Waals surface area contributed by atoms with E-state index in [9.17, 15) is 14.9 Å². The Kier molecular flexibility index (Phi) is 5.26. The third kappa shape index (κ3) is 4.50. The Hall–Kier alpha value is -1.66. The van der Waals surface area contributed by atoms with E-state index in [0.717, 1.165) is 0 Å². The van der Waals surface area contributed by atoms with E-state index >= 15 is 0 Å². The highest BCUT2D eigenvalue weighted by molar-refractivity contribution is 6.31. The van der Waals surface area contributed by atoms with Crippen LogP contribution in [0.15, 0.2) is 18.2 Å². The molecule has 19 heavy (non-hydrogen) atoms. The largest absolute Gasteiger partial charge is 0.320 e. The molecule has 1 rings (SSSR count).